The van der Waals surface area contributed by atoms with Crippen molar-refractivity contribution < 1.29 is 9.13 Å². The molecule has 0 saturated carbocycles. The van der Waals surface area contributed by atoms with E-state index in [0.717, 1.165) is 18.7 Å². The molecular formula is C17H27FN2O. The number of nitrogens with two attached hydrogens (primary N) is 1. The van der Waals surface area contributed by atoms with Crippen LogP contribution in [0.2, 0.25) is 0 Å². The van der Waals surface area contributed by atoms with Crippen molar-refractivity contribution in [1.29, 1.82) is 0 Å². The monoisotopic (exact) mass is 294 g/mol. The zero-order valence-electron chi connectivity index (χ0n) is 13.4. The first-order valence-corrected chi connectivity index (χ1v) is 7.80. The molecule has 0 bridgehead atoms. The Morgan fingerprint density at radius 3 is 2.52 bits per heavy atom. The van der Waals surface area contributed by atoms with Crippen molar-refractivity contribution in [3.8, 4) is 5.75 Å². The predicted octanol–water partition coefficient (Wildman–Crippen LogP) is 3.35. The second-order valence-electron chi connectivity index (χ2n) is 6.35. The van der Waals surface area contributed by atoms with Gasteiger partial charge in [0.2, 0.25) is 0 Å². The quantitative estimate of drug-likeness (QED) is 0.905. The molecule has 0 aromatic heterocycles. The zero-order valence-corrected chi connectivity index (χ0v) is 13.4. The summed E-state index contributed by atoms with van der Waals surface area (Å²) in [5, 5.41) is 0. The van der Waals surface area contributed by atoms with Crippen LogP contribution in [0, 0.1) is 11.2 Å². The first-order chi connectivity index (χ1) is 10.0. The van der Waals surface area contributed by atoms with E-state index in [4.69, 9.17) is 10.5 Å². The summed E-state index contributed by atoms with van der Waals surface area (Å²) in [5.74, 6) is -0.0319. The third kappa shape index (κ3) is 3.55. The van der Waals surface area contributed by atoms with Crippen LogP contribution in [0.25, 0.3) is 0 Å². The van der Waals surface area contributed by atoms with Crippen molar-refractivity contribution in [2.75, 3.05) is 26.7 Å². The Labute approximate surface area is 127 Å². The number of benzene rings is 1. The van der Waals surface area contributed by atoms with Crippen LogP contribution in [0.15, 0.2) is 18.2 Å². The van der Waals surface area contributed by atoms with Crippen LogP contribution in [0.1, 0.15) is 44.7 Å². The van der Waals surface area contributed by atoms with Crippen molar-refractivity contribution in [1.82, 2.24) is 4.90 Å². The number of rotatable bonds is 5. The van der Waals surface area contributed by atoms with Gasteiger partial charge in [-0.2, -0.15) is 0 Å². The van der Waals surface area contributed by atoms with Gasteiger partial charge in [-0.05, 0) is 49.0 Å². The molecule has 1 heterocycles. The first kappa shape index (κ1) is 16.2. The molecule has 1 aromatic rings. The van der Waals surface area contributed by atoms with Gasteiger partial charge in [0.25, 0.3) is 0 Å². The standard InChI is InChI=1S/C17H27FN2O/c1-4-17(2)7-9-20(10-8-17)15(12-19)13-5-6-16(21-3)14(18)11-13/h5-6,11,15H,4,7-10,12,19H2,1-3H3. The van der Waals surface area contributed by atoms with Crippen molar-refractivity contribution in [3.05, 3.63) is 29.6 Å². The van der Waals surface area contributed by atoms with Gasteiger partial charge in [0, 0.05) is 12.6 Å². The van der Waals surface area contributed by atoms with Gasteiger partial charge in [-0.1, -0.05) is 26.3 Å². The van der Waals surface area contributed by atoms with Crippen molar-refractivity contribution >= 4 is 0 Å². The third-order valence-electron chi connectivity index (χ3n) is 5.08. The van der Waals surface area contributed by atoms with E-state index in [-0.39, 0.29) is 17.6 Å². The minimum Gasteiger partial charge on any atom is -0.494 e. The molecule has 1 saturated heterocycles. The number of nitrogens with zero attached hydrogens (tertiary/aromatic N) is 1. The Bertz CT molecular complexity index is 470. The fourth-order valence-electron chi connectivity index (χ4n) is 3.11. The molecule has 118 valence electrons. The maximum Gasteiger partial charge on any atom is 0.165 e. The summed E-state index contributed by atoms with van der Waals surface area (Å²) < 4.78 is 18.9. The van der Waals surface area contributed by atoms with Crippen LogP contribution in [-0.2, 0) is 0 Å². The summed E-state index contributed by atoms with van der Waals surface area (Å²) in [6.07, 6.45) is 3.57. The molecule has 0 radical (unpaired) electrons. The summed E-state index contributed by atoms with van der Waals surface area (Å²) in [6.45, 7) is 7.18. The van der Waals surface area contributed by atoms with Gasteiger partial charge >= 0.3 is 0 Å². The Morgan fingerprint density at radius 1 is 1.38 bits per heavy atom. The summed E-state index contributed by atoms with van der Waals surface area (Å²) in [6, 6.07) is 5.26. The average molecular weight is 294 g/mol. The minimum atomic E-state index is -0.316. The van der Waals surface area contributed by atoms with Crippen LogP contribution in [0.5, 0.6) is 5.75 Å². The van der Waals surface area contributed by atoms with Gasteiger partial charge in [-0.3, -0.25) is 4.90 Å². The lowest BCUT2D eigenvalue weighted by molar-refractivity contribution is 0.0827. The van der Waals surface area contributed by atoms with Crippen molar-refractivity contribution in [2.24, 2.45) is 11.1 Å². The van der Waals surface area contributed by atoms with Gasteiger partial charge in [0.1, 0.15) is 0 Å². The van der Waals surface area contributed by atoms with Gasteiger partial charge < -0.3 is 10.5 Å². The fraction of sp³-hybridized carbons (Fsp3) is 0.647. The largest absolute Gasteiger partial charge is 0.494 e. The minimum absolute atomic E-state index is 0.0896. The smallest absolute Gasteiger partial charge is 0.165 e. The van der Waals surface area contributed by atoms with Crippen LogP contribution in [-0.4, -0.2) is 31.6 Å². The Hall–Kier alpha value is -1.13. The summed E-state index contributed by atoms with van der Waals surface area (Å²) >= 11 is 0. The highest BCUT2D eigenvalue weighted by Crippen LogP contribution is 2.37. The maximum atomic E-state index is 13.9. The molecule has 0 aliphatic carbocycles. The molecular weight excluding hydrogens is 267 g/mol. The molecule has 2 N–H and O–H groups in total. The molecule has 1 aliphatic rings. The topological polar surface area (TPSA) is 38.5 Å². The second-order valence-corrected chi connectivity index (χ2v) is 6.35. The molecule has 0 spiro atoms. The molecule has 3 nitrogen and oxygen atoms in total. The number of methoxy groups -OCH3 is 1. The van der Waals surface area contributed by atoms with Crippen molar-refractivity contribution in [3.63, 3.8) is 0 Å². The van der Waals surface area contributed by atoms with E-state index < -0.39 is 0 Å². The van der Waals surface area contributed by atoms with Crippen LogP contribution in [0.3, 0.4) is 0 Å². The normalized spacial score (nSPS) is 20.2. The van der Waals surface area contributed by atoms with E-state index in [0.29, 0.717) is 12.0 Å². The highest BCUT2D eigenvalue weighted by Gasteiger charge is 2.31. The van der Waals surface area contributed by atoms with Gasteiger partial charge in [0.15, 0.2) is 11.6 Å². The maximum absolute atomic E-state index is 13.9. The van der Waals surface area contributed by atoms with Crippen LogP contribution < -0.4 is 10.5 Å². The molecule has 4 heteroatoms. The number of hydrogen-bond donors (Lipinski definition) is 1. The zero-order chi connectivity index (χ0) is 15.5. The molecule has 1 unspecified atom stereocenters. The average Bonchev–Trinajstić information content (AvgIpc) is 2.50. The Kier molecular flexibility index (Phi) is 5.22. The molecule has 21 heavy (non-hydrogen) atoms. The second kappa shape index (κ2) is 6.75. The summed E-state index contributed by atoms with van der Waals surface area (Å²) in [5.41, 5.74) is 7.35. The van der Waals surface area contributed by atoms with Crippen molar-refractivity contribution in [2.45, 2.75) is 39.2 Å². The molecule has 1 aliphatic heterocycles. The molecule has 1 aromatic carbocycles. The molecule has 2 rings (SSSR count). The number of likely N-dealkylation sites (tertiary alicyclic amines) is 1. The molecule has 0 amide bonds. The lowest BCUT2D eigenvalue weighted by atomic mass is 9.78. The predicted molar refractivity (Wildman–Crippen MR) is 84.0 cm³/mol. The van der Waals surface area contributed by atoms with E-state index in [1.807, 2.05) is 6.07 Å². The summed E-state index contributed by atoms with van der Waals surface area (Å²) in [7, 11) is 1.48. The highest BCUT2D eigenvalue weighted by atomic mass is 19.1. The number of halogens is 1. The Balaban J connectivity index is 2.12. The summed E-state index contributed by atoms with van der Waals surface area (Å²) in [4.78, 5) is 2.39. The Morgan fingerprint density at radius 2 is 2.05 bits per heavy atom. The number of hydrogen-bond acceptors (Lipinski definition) is 3. The van der Waals surface area contributed by atoms with E-state index >= 15 is 0 Å². The van der Waals surface area contributed by atoms with Gasteiger partial charge in [-0.15, -0.1) is 0 Å². The fourth-order valence-corrected chi connectivity index (χ4v) is 3.11. The highest BCUT2D eigenvalue weighted by molar-refractivity contribution is 5.31. The van der Waals surface area contributed by atoms with E-state index in [1.54, 1.807) is 12.1 Å². The number of ether oxygens (including phenoxy) is 1. The molecule has 1 fully saturated rings. The van der Waals surface area contributed by atoms with Gasteiger partial charge in [0.05, 0.1) is 7.11 Å². The number of piperidine rings is 1. The van der Waals surface area contributed by atoms with E-state index in [2.05, 4.69) is 18.7 Å². The van der Waals surface area contributed by atoms with E-state index in [1.165, 1.54) is 26.4 Å². The lowest BCUT2D eigenvalue weighted by Crippen LogP contribution is -2.42. The SMILES string of the molecule is CCC1(C)CCN(C(CN)c2ccc(OC)c(F)c2)CC1. The third-order valence-corrected chi connectivity index (χ3v) is 5.08. The van der Waals surface area contributed by atoms with Crippen LogP contribution >= 0.6 is 0 Å². The lowest BCUT2D eigenvalue weighted by Gasteiger charge is -2.42. The van der Waals surface area contributed by atoms with Crippen LogP contribution in [0.4, 0.5) is 4.39 Å². The van der Waals surface area contributed by atoms with Gasteiger partial charge in [-0.25, -0.2) is 4.39 Å². The van der Waals surface area contributed by atoms with E-state index in [9.17, 15) is 4.39 Å². The molecule has 1 atom stereocenters. The first-order valence-electron chi connectivity index (χ1n) is 7.80.